The fourth-order valence-corrected chi connectivity index (χ4v) is 3.72. The standard InChI is InChI=1S/C22H23F3N4O/c1-30-17-8-5-15(6-9-17)14-26-20-19-13-16(22(23,24)25)7-10-18(19)21(28-27-20)29-11-3-2-4-12-29/h5-10,13H,2-4,11-12,14H2,1H3,(H,26,27). The van der Waals surface area contributed by atoms with Crippen LogP contribution in [0.2, 0.25) is 0 Å². The van der Waals surface area contributed by atoms with Crippen molar-refractivity contribution in [1.29, 1.82) is 0 Å². The van der Waals surface area contributed by atoms with Gasteiger partial charge in [0.2, 0.25) is 0 Å². The van der Waals surface area contributed by atoms with Crippen molar-refractivity contribution >= 4 is 22.4 Å². The van der Waals surface area contributed by atoms with Crippen molar-refractivity contribution in [3.05, 3.63) is 53.6 Å². The molecule has 0 atom stereocenters. The van der Waals surface area contributed by atoms with E-state index in [-0.39, 0.29) is 0 Å². The molecule has 3 aromatic rings. The summed E-state index contributed by atoms with van der Waals surface area (Å²) in [7, 11) is 1.59. The zero-order valence-corrected chi connectivity index (χ0v) is 16.7. The highest BCUT2D eigenvalue weighted by Gasteiger charge is 2.31. The van der Waals surface area contributed by atoms with Gasteiger partial charge in [0.25, 0.3) is 0 Å². The number of hydrogen-bond acceptors (Lipinski definition) is 5. The van der Waals surface area contributed by atoms with E-state index in [1.54, 1.807) is 7.11 Å². The molecule has 1 saturated heterocycles. The predicted octanol–water partition coefficient (Wildman–Crippen LogP) is 5.26. The van der Waals surface area contributed by atoms with Gasteiger partial charge in [0.1, 0.15) is 5.75 Å². The molecule has 0 spiro atoms. The van der Waals surface area contributed by atoms with Gasteiger partial charge in [-0.15, -0.1) is 10.2 Å². The molecule has 2 heterocycles. The van der Waals surface area contributed by atoms with Crippen LogP contribution < -0.4 is 15.0 Å². The van der Waals surface area contributed by atoms with E-state index in [0.717, 1.165) is 55.8 Å². The molecule has 0 aliphatic carbocycles. The van der Waals surface area contributed by atoms with Crippen molar-refractivity contribution in [1.82, 2.24) is 10.2 Å². The third kappa shape index (κ3) is 4.27. The summed E-state index contributed by atoms with van der Waals surface area (Å²) >= 11 is 0. The summed E-state index contributed by atoms with van der Waals surface area (Å²) in [5, 5.41) is 12.9. The van der Waals surface area contributed by atoms with Gasteiger partial charge < -0.3 is 15.0 Å². The number of fused-ring (bicyclic) bond motifs is 1. The van der Waals surface area contributed by atoms with Crippen LogP contribution in [0, 0.1) is 0 Å². The molecule has 0 bridgehead atoms. The second kappa shape index (κ2) is 8.38. The molecule has 1 fully saturated rings. The van der Waals surface area contributed by atoms with Crippen LogP contribution in [0.5, 0.6) is 5.75 Å². The second-order valence-corrected chi connectivity index (χ2v) is 7.38. The van der Waals surface area contributed by atoms with Crippen LogP contribution in [-0.2, 0) is 12.7 Å². The van der Waals surface area contributed by atoms with Gasteiger partial charge >= 0.3 is 6.18 Å². The fourth-order valence-electron chi connectivity index (χ4n) is 3.72. The predicted molar refractivity (Wildman–Crippen MR) is 111 cm³/mol. The van der Waals surface area contributed by atoms with E-state index in [0.29, 0.717) is 29.0 Å². The van der Waals surface area contributed by atoms with Crippen LogP contribution in [-0.4, -0.2) is 30.4 Å². The van der Waals surface area contributed by atoms with Gasteiger partial charge in [-0.1, -0.05) is 12.1 Å². The van der Waals surface area contributed by atoms with Crippen molar-refractivity contribution in [3.63, 3.8) is 0 Å². The maximum absolute atomic E-state index is 13.3. The first kappa shape index (κ1) is 20.3. The molecular formula is C22H23F3N4O. The first-order chi connectivity index (χ1) is 14.5. The van der Waals surface area contributed by atoms with Crippen LogP contribution in [0.25, 0.3) is 10.8 Å². The van der Waals surface area contributed by atoms with Crippen LogP contribution in [0.3, 0.4) is 0 Å². The SMILES string of the molecule is COc1ccc(CNc2nnc(N3CCCCC3)c3ccc(C(F)(F)F)cc23)cc1. The number of rotatable bonds is 5. The quantitative estimate of drug-likeness (QED) is 0.615. The minimum absolute atomic E-state index is 0.340. The van der Waals surface area contributed by atoms with Gasteiger partial charge in [-0.2, -0.15) is 13.2 Å². The average Bonchev–Trinajstić information content (AvgIpc) is 2.77. The van der Waals surface area contributed by atoms with Crippen LogP contribution in [0.15, 0.2) is 42.5 Å². The number of alkyl halides is 3. The summed E-state index contributed by atoms with van der Waals surface area (Å²) in [5.74, 6) is 1.73. The second-order valence-electron chi connectivity index (χ2n) is 7.38. The molecule has 5 nitrogen and oxygen atoms in total. The lowest BCUT2D eigenvalue weighted by Crippen LogP contribution is -2.30. The monoisotopic (exact) mass is 416 g/mol. The van der Waals surface area contributed by atoms with E-state index >= 15 is 0 Å². The molecule has 4 rings (SSSR count). The molecular weight excluding hydrogens is 393 g/mol. The number of anilines is 2. The highest BCUT2D eigenvalue weighted by Crippen LogP contribution is 2.36. The van der Waals surface area contributed by atoms with Gasteiger partial charge in [-0.3, -0.25) is 0 Å². The average molecular weight is 416 g/mol. The molecule has 8 heteroatoms. The molecule has 2 aromatic carbocycles. The lowest BCUT2D eigenvalue weighted by molar-refractivity contribution is -0.137. The maximum atomic E-state index is 13.3. The van der Waals surface area contributed by atoms with Crippen LogP contribution in [0.1, 0.15) is 30.4 Å². The van der Waals surface area contributed by atoms with E-state index in [4.69, 9.17) is 4.74 Å². The molecule has 158 valence electrons. The van der Waals surface area contributed by atoms with Gasteiger partial charge in [0, 0.05) is 30.4 Å². The number of ether oxygens (including phenoxy) is 1. The normalized spacial score (nSPS) is 14.7. The van der Waals surface area contributed by atoms with E-state index < -0.39 is 11.7 Å². The van der Waals surface area contributed by atoms with Crippen molar-refractivity contribution in [2.24, 2.45) is 0 Å². The molecule has 1 aliphatic heterocycles. The van der Waals surface area contributed by atoms with E-state index in [1.807, 2.05) is 24.3 Å². The first-order valence-corrected chi connectivity index (χ1v) is 9.95. The highest BCUT2D eigenvalue weighted by molar-refractivity contribution is 5.99. The van der Waals surface area contributed by atoms with Crippen molar-refractivity contribution in [2.75, 3.05) is 30.4 Å². The number of halogens is 3. The largest absolute Gasteiger partial charge is 0.497 e. The van der Waals surface area contributed by atoms with E-state index in [9.17, 15) is 13.2 Å². The molecule has 0 radical (unpaired) electrons. The summed E-state index contributed by atoms with van der Waals surface area (Å²) in [5.41, 5.74) is 0.262. The topological polar surface area (TPSA) is 50.3 Å². The molecule has 1 N–H and O–H groups in total. The van der Waals surface area contributed by atoms with Crippen LogP contribution in [0.4, 0.5) is 24.8 Å². The number of aromatic nitrogens is 2. The Hall–Kier alpha value is -3.03. The molecule has 0 saturated carbocycles. The van der Waals surface area contributed by atoms with Gasteiger partial charge in [0.15, 0.2) is 11.6 Å². The number of piperidine rings is 1. The Bertz CT molecular complexity index is 1020. The third-order valence-electron chi connectivity index (χ3n) is 5.36. The third-order valence-corrected chi connectivity index (χ3v) is 5.36. The Balaban J connectivity index is 1.70. The zero-order chi connectivity index (χ0) is 21.1. The Kier molecular flexibility index (Phi) is 5.65. The van der Waals surface area contributed by atoms with Gasteiger partial charge in [-0.25, -0.2) is 0 Å². The summed E-state index contributed by atoms with van der Waals surface area (Å²) in [6.07, 6.45) is -1.18. The fraction of sp³-hybridized carbons (Fsp3) is 0.364. The molecule has 1 aromatic heterocycles. The number of benzene rings is 2. The molecule has 30 heavy (non-hydrogen) atoms. The van der Waals surface area contributed by atoms with Gasteiger partial charge in [0.05, 0.1) is 12.7 Å². The minimum Gasteiger partial charge on any atom is -0.497 e. The number of nitrogens with one attached hydrogen (secondary N) is 1. The zero-order valence-electron chi connectivity index (χ0n) is 16.7. The number of hydrogen-bond donors (Lipinski definition) is 1. The maximum Gasteiger partial charge on any atom is 0.416 e. The highest BCUT2D eigenvalue weighted by atomic mass is 19.4. The van der Waals surface area contributed by atoms with E-state index in [2.05, 4.69) is 20.4 Å². The Morgan fingerprint density at radius 3 is 2.37 bits per heavy atom. The lowest BCUT2D eigenvalue weighted by atomic mass is 10.1. The molecule has 0 amide bonds. The smallest absolute Gasteiger partial charge is 0.416 e. The summed E-state index contributed by atoms with van der Waals surface area (Å²) in [4.78, 5) is 2.11. The van der Waals surface area contributed by atoms with Crippen molar-refractivity contribution in [2.45, 2.75) is 32.0 Å². The van der Waals surface area contributed by atoms with Gasteiger partial charge in [-0.05, 0) is 55.2 Å². The Morgan fingerprint density at radius 2 is 1.70 bits per heavy atom. The first-order valence-electron chi connectivity index (χ1n) is 9.95. The molecule has 0 unspecified atom stereocenters. The van der Waals surface area contributed by atoms with Crippen molar-refractivity contribution < 1.29 is 17.9 Å². The number of methoxy groups -OCH3 is 1. The molecule has 1 aliphatic rings. The summed E-state index contributed by atoms with van der Waals surface area (Å²) < 4.78 is 45.2. The Morgan fingerprint density at radius 1 is 0.967 bits per heavy atom. The van der Waals surface area contributed by atoms with Crippen LogP contribution >= 0.6 is 0 Å². The number of nitrogens with zero attached hydrogens (tertiary/aromatic N) is 3. The lowest BCUT2D eigenvalue weighted by Gasteiger charge is -2.28. The minimum atomic E-state index is -4.42. The Labute approximate surface area is 172 Å². The summed E-state index contributed by atoms with van der Waals surface area (Å²) in [6.45, 7) is 2.08. The summed E-state index contributed by atoms with van der Waals surface area (Å²) in [6, 6.07) is 11.2. The van der Waals surface area contributed by atoms with E-state index in [1.165, 1.54) is 6.07 Å². The van der Waals surface area contributed by atoms with Crippen molar-refractivity contribution in [3.8, 4) is 5.75 Å².